The molecule has 1 rings (SSSR count). The Balaban J connectivity index is 2.07. The van der Waals surface area contributed by atoms with Gasteiger partial charge in [-0.1, -0.05) is 0 Å². The van der Waals surface area contributed by atoms with E-state index in [1.807, 2.05) is 0 Å². The van der Waals surface area contributed by atoms with Gasteiger partial charge < -0.3 is 10.1 Å². The molecule has 0 aliphatic heterocycles. The number of nitrogens with zero attached hydrogens (tertiary/aromatic N) is 1. The molecule has 0 aromatic carbocycles. The lowest BCUT2D eigenvalue weighted by Gasteiger charge is -2.04. The smallest absolute Gasteiger partial charge is 0.141 e. The topological polar surface area (TPSA) is 34.1 Å². The second-order valence-electron chi connectivity index (χ2n) is 3.34. The highest BCUT2D eigenvalue weighted by atomic mass is 19.1. The summed E-state index contributed by atoms with van der Waals surface area (Å²) in [6.07, 6.45) is 4.49. The van der Waals surface area contributed by atoms with Crippen molar-refractivity contribution < 1.29 is 9.13 Å². The van der Waals surface area contributed by atoms with E-state index in [1.54, 1.807) is 13.2 Å². The maximum atomic E-state index is 12.5. The van der Waals surface area contributed by atoms with E-state index < -0.39 is 0 Å². The number of methoxy groups -OCH3 is 1. The molecule has 0 radical (unpaired) electrons. The van der Waals surface area contributed by atoms with E-state index in [-0.39, 0.29) is 5.82 Å². The van der Waals surface area contributed by atoms with Crippen molar-refractivity contribution in [2.75, 3.05) is 25.6 Å². The Labute approximate surface area is 89.7 Å². The van der Waals surface area contributed by atoms with Gasteiger partial charge >= 0.3 is 0 Å². The van der Waals surface area contributed by atoms with Crippen molar-refractivity contribution in [1.29, 1.82) is 0 Å². The molecule has 1 heterocycles. The highest BCUT2D eigenvalue weighted by Gasteiger charge is 1.94. The first kappa shape index (κ1) is 11.9. The number of nitrogens with one attached hydrogen (secondary N) is 1. The number of ether oxygens (including phenoxy) is 1. The van der Waals surface area contributed by atoms with E-state index in [2.05, 4.69) is 10.3 Å². The minimum atomic E-state index is -0.305. The maximum Gasteiger partial charge on any atom is 0.141 e. The molecule has 0 bridgehead atoms. The summed E-state index contributed by atoms with van der Waals surface area (Å²) in [4.78, 5) is 3.90. The molecule has 84 valence electrons. The molecule has 15 heavy (non-hydrogen) atoms. The first-order valence-corrected chi connectivity index (χ1v) is 5.17. The molecule has 0 saturated carbocycles. The van der Waals surface area contributed by atoms with Crippen LogP contribution in [0.3, 0.4) is 0 Å². The van der Waals surface area contributed by atoms with Crippen LogP contribution >= 0.6 is 0 Å². The highest BCUT2D eigenvalue weighted by Crippen LogP contribution is 2.04. The van der Waals surface area contributed by atoms with Crippen molar-refractivity contribution in [2.24, 2.45) is 0 Å². The van der Waals surface area contributed by atoms with Crippen LogP contribution < -0.4 is 5.32 Å². The Morgan fingerprint density at radius 3 is 2.87 bits per heavy atom. The molecule has 0 atom stereocenters. The Morgan fingerprint density at radius 1 is 1.33 bits per heavy atom. The fourth-order valence-corrected chi connectivity index (χ4v) is 1.25. The fraction of sp³-hybridized carbons (Fsp3) is 0.545. The van der Waals surface area contributed by atoms with Gasteiger partial charge in [0.25, 0.3) is 0 Å². The number of hydrogen-bond donors (Lipinski definition) is 1. The molecular weight excluding hydrogens is 195 g/mol. The third kappa shape index (κ3) is 5.32. The highest BCUT2D eigenvalue weighted by molar-refractivity contribution is 5.33. The van der Waals surface area contributed by atoms with Gasteiger partial charge in [-0.25, -0.2) is 9.37 Å². The number of halogens is 1. The van der Waals surface area contributed by atoms with Crippen molar-refractivity contribution in [3.05, 3.63) is 24.1 Å². The van der Waals surface area contributed by atoms with Gasteiger partial charge in [0.15, 0.2) is 0 Å². The summed E-state index contributed by atoms with van der Waals surface area (Å²) in [6, 6.07) is 3.05. The van der Waals surface area contributed by atoms with Crippen molar-refractivity contribution >= 4 is 5.82 Å². The predicted molar refractivity (Wildman–Crippen MR) is 58.4 cm³/mol. The van der Waals surface area contributed by atoms with Gasteiger partial charge in [0, 0.05) is 20.3 Å². The van der Waals surface area contributed by atoms with Crippen molar-refractivity contribution in [1.82, 2.24) is 4.98 Å². The molecule has 4 heteroatoms. The molecule has 0 aliphatic rings. The molecule has 0 spiro atoms. The number of anilines is 1. The van der Waals surface area contributed by atoms with Crippen LogP contribution in [-0.2, 0) is 4.74 Å². The Morgan fingerprint density at radius 2 is 2.20 bits per heavy atom. The minimum absolute atomic E-state index is 0.305. The van der Waals surface area contributed by atoms with Crippen LogP contribution in [0.5, 0.6) is 0 Å². The van der Waals surface area contributed by atoms with Gasteiger partial charge in [-0.2, -0.15) is 0 Å². The summed E-state index contributed by atoms with van der Waals surface area (Å²) >= 11 is 0. The number of unbranched alkanes of at least 4 members (excludes halogenated alkanes) is 2. The number of aromatic nitrogens is 1. The SMILES string of the molecule is COCCCCCNc1ccc(F)cn1. The molecule has 1 N–H and O–H groups in total. The summed E-state index contributed by atoms with van der Waals surface area (Å²) in [7, 11) is 1.71. The van der Waals surface area contributed by atoms with Gasteiger partial charge in [-0.05, 0) is 31.4 Å². The lowest BCUT2D eigenvalue weighted by molar-refractivity contribution is 0.192. The van der Waals surface area contributed by atoms with E-state index in [0.717, 1.165) is 38.2 Å². The van der Waals surface area contributed by atoms with Crippen molar-refractivity contribution in [3.63, 3.8) is 0 Å². The van der Waals surface area contributed by atoms with Crippen LogP contribution in [0.4, 0.5) is 10.2 Å². The summed E-state index contributed by atoms with van der Waals surface area (Å²) in [5.41, 5.74) is 0. The second-order valence-corrected chi connectivity index (χ2v) is 3.34. The van der Waals surface area contributed by atoms with Gasteiger partial charge in [0.2, 0.25) is 0 Å². The zero-order chi connectivity index (χ0) is 10.9. The number of pyridine rings is 1. The zero-order valence-electron chi connectivity index (χ0n) is 9.00. The average molecular weight is 212 g/mol. The maximum absolute atomic E-state index is 12.5. The van der Waals surface area contributed by atoms with Crippen LogP contribution in [0, 0.1) is 5.82 Å². The second kappa shape index (κ2) is 7.17. The molecule has 0 saturated heterocycles. The van der Waals surface area contributed by atoms with Crippen LogP contribution in [0.25, 0.3) is 0 Å². The van der Waals surface area contributed by atoms with Crippen molar-refractivity contribution in [3.8, 4) is 0 Å². The molecule has 0 amide bonds. The summed E-state index contributed by atoms with van der Waals surface area (Å²) in [5.74, 6) is 0.420. The largest absolute Gasteiger partial charge is 0.385 e. The average Bonchev–Trinajstić information content (AvgIpc) is 2.26. The quantitative estimate of drug-likeness (QED) is 0.705. The van der Waals surface area contributed by atoms with E-state index in [4.69, 9.17) is 4.74 Å². The molecule has 0 unspecified atom stereocenters. The summed E-state index contributed by atoms with van der Waals surface area (Å²) in [6.45, 7) is 1.68. The van der Waals surface area contributed by atoms with Gasteiger partial charge in [-0.15, -0.1) is 0 Å². The lowest BCUT2D eigenvalue weighted by Crippen LogP contribution is -2.03. The third-order valence-electron chi connectivity index (χ3n) is 2.06. The summed E-state index contributed by atoms with van der Waals surface area (Å²) in [5, 5.41) is 3.13. The molecule has 1 aromatic heterocycles. The van der Waals surface area contributed by atoms with Crippen LogP contribution in [0.2, 0.25) is 0 Å². The minimum Gasteiger partial charge on any atom is -0.385 e. The van der Waals surface area contributed by atoms with E-state index in [1.165, 1.54) is 12.3 Å². The first-order valence-electron chi connectivity index (χ1n) is 5.17. The van der Waals surface area contributed by atoms with Crippen LogP contribution in [0.15, 0.2) is 18.3 Å². The van der Waals surface area contributed by atoms with Crippen molar-refractivity contribution in [2.45, 2.75) is 19.3 Å². The molecule has 3 nitrogen and oxygen atoms in total. The molecule has 1 aromatic rings. The number of rotatable bonds is 7. The first-order chi connectivity index (χ1) is 7.33. The molecule has 0 aliphatic carbocycles. The van der Waals surface area contributed by atoms with E-state index in [0.29, 0.717) is 0 Å². The molecular formula is C11H17FN2O. The van der Waals surface area contributed by atoms with Crippen LogP contribution in [0.1, 0.15) is 19.3 Å². The Bertz CT molecular complexity index is 264. The zero-order valence-corrected chi connectivity index (χ0v) is 9.00. The van der Waals surface area contributed by atoms with Crippen LogP contribution in [-0.4, -0.2) is 25.2 Å². The van der Waals surface area contributed by atoms with Gasteiger partial charge in [0.05, 0.1) is 6.20 Å². The third-order valence-corrected chi connectivity index (χ3v) is 2.06. The standard InChI is InChI=1S/C11H17FN2O/c1-15-8-4-2-3-7-13-11-6-5-10(12)9-14-11/h5-6,9H,2-4,7-8H2,1H3,(H,13,14). The Hall–Kier alpha value is -1.16. The monoisotopic (exact) mass is 212 g/mol. The predicted octanol–water partition coefficient (Wildman–Crippen LogP) is 2.45. The molecule has 0 fully saturated rings. The van der Waals surface area contributed by atoms with E-state index >= 15 is 0 Å². The number of hydrogen-bond acceptors (Lipinski definition) is 3. The fourth-order valence-electron chi connectivity index (χ4n) is 1.25. The summed E-state index contributed by atoms with van der Waals surface area (Å²) < 4.78 is 17.5. The van der Waals surface area contributed by atoms with E-state index in [9.17, 15) is 4.39 Å². The lowest BCUT2D eigenvalue weighted by atomic mass is 10.2. The van der Waals surface area contributed by atoms with Gasteiger partial charge in [-0.3, -0.25) is 0 Å². The normalized spacial score (nSPS) is 10.3. The Kier molecular flexibility index (Phi) is 5.70. The van der Waals surface area contributed by atoms with Gasteiger partial charge in [0.1, 0.15) is 11.6 Å².